The van der Waals surface area contributed by atoms with E-state index in [-0.39, 0.29) is 25.3 Å². The minimum Gasteiger partial charge on any atom is -0.467 e. The first-order valence-corrected chi connectivity index (χ1v) is 21.4. The highest BCUT2D eigenvalue weighted by atomic mass is 32.1. The molecule has 0 radical (unpaired) electrons. The van der Waals surface area contributed by atoms with Gasteiger partial charge in [0, 0.05) is 38.8 Å². The lowest BCUT2D eigenvalue weighted by molar-refractivity contribution is -0.148. The van der Waals surface area contributed by atoms with Crippen LogP contribution in [0.5, 0.6) is 0 Å². The Kier molecular flexibility index (Phi) is 19.4. The number of anilines is 1. The summed E-state index contributed by atoms with van der Waals surface area (Å²) in [7, 11) is 2.60. The average Bonchev–Trinajstić information content (AvgIpc) is 3.58. The van der Waals surface area contributed by atoms with Crippen molar-refractivity contribution in [2.45, 2.75) is 111 Å². The number of hydrogen-bond acceptors (Lipinski definition) is 12. The minimum absolute atomic E-state index is 0.0424. The van der Waals surface area contributed by atoms with Gasteiger partial charge in [0.1, 0.15) is 22.8 Å². The molecule has 0 saturated carbocycles. The van der Waals surface area contributed by atoms with E-state index < -0.39 is 47.4 Å². The molecule has 2 atom stereocenters. The van der Waals surface area contributed by atoms with Gasteiger partial charge in [-0.1, -0.05) is 86.2 Å². The zero-order valence-electron chi connectivity index (χ0n) is 38.3. The number of nitrogens with zero attached hydrogens (tertiary/aromatic N) is 6. The molecule has 0 N–H and O–H groups in total. The number of piperazine rings is 2. The third-order valence-electron chi connectivity index (χ3n) is 9.48. The first-order valence-electron chi connectivity index (χ1n) is 21.0. The lowest BCUT2D eigenvalue weighted by Gasteiger charge is -2.41. The summed E-state index contributed by atoms with van der Waals surface area (Å²) < 4.78 is 22.5. The Hall–Kier alpha value is -5.51. The summed E-state index contributed by atoms with van der Waals surface area (Å²) in [5, 5.41) is 4.63. The van der Waals surface area contributed by atoms with Crippen molar-refractivity contribution in [2.75, 3.05) is 58.4 Å². The van der Waals surface area contributed by atoms with Crippen molar-refractivity contribution in [2.24, 2.45) is 0 Å². The summed E-state index contributed by atoms with van der Waals surface area (Å²) in [6, 6.07) is 21.1. The molecule has 340 valence electrons. The van der Waals surface area contributed by atoms with Crippen molar-refractivity contribution in [1.29, 1.82) is 0 Å². The molecule has 0 bridgehead atoms. The number of ether oxygens (including phenoxy) is 4. The molecule has 2 fully saturated rings. The third kappa shape index (κ3) is 16.4. The van der Waals surface area contributed by atoms with Gasteiger partial charge in [-0.2, -0.15) is 5.10 Å². The number of benzene rings is 2. The number of rotatable bonds is 9. The fourth-order valence-electron chi connectivity index (χ4n) is 6.67. The maximum atomic E-state index is 12.7. The molecule has 3 heterocycles. The normalized spacial score (nSPS) is 16.4. The Balaban J connectivity index is 0.000000282. The molecule has 5 rings (SSSR count). The van der Waals surface area contributed by atoms with E-state index in [0.29, 0.717) is 37.7 Å². The van der Waals surface area contributed by atoms with Crippen LogP contribution in [-0.4, -0.2) is 136 Å². The maximum Gasteiger partial charge on any atom is 0.411 e. The smallest absolute Gasteiger partial charge is 0.411 e. The molecular formula is C46H66N6O9S. The van der Waals surface area contributed by atoms with Crippen molar-refractivity contribution >= 4 is 52.9 Å². The number of carbonyl (C=O) groups is 5. The molecule has 16 heteroatoms. The van der Waals surface area contributed by atoms with Gasteiger partial charge in [0.05, 0.1) is 44.4 Å². The van der Waals surface area contributed by atoms with Gasteiger partial charge in [-0.25, -0.2) is 23.9 Å². The second-order valence-electron chi connectivity index (χ2n) is 17.1. The summed E-state index contributed by atoms with van der Waals surface area (Å²) in [5.41, 5.74) is 2.18. The van der Waals surface area contributed by atoms with E-state index in [0.717, 1.165) is 17.1 Å². The largest absolute Gasteiger partial charge is 0.467 e. The fraction of sp³-hybridized carbons (Fsp3) is 0.543. The second kappa shape index (κ2) is 23.6. The lowest BCUT2D eigenvalue weighted by Crippen LogP contribution is -2.60. The molecule has 0 spiro atoms. The standard InChI is InChI=1S/C22H30N4O4.C15H24N2O5S.C9H12/c1-16-13-19(26(23-16)14-17-9-7-6-8-10-17)24-11-12-25(18(15-24)20(27)29-5)21(28)30-22(2,3)4;1-10(18)8-12(23)16-6-7-17(11(9-16)13(19)21-5)14(20)22-15(2,3)4;1-2-6-9-7-4-3-5-8-9/h6-10,13,18H,11-12,14-15H2,1-5H3;11H,6-9H2,1-5H3;3-5,7-8H,2,6H2,1H3/t18-;11-;/m00./s1. The number of Topliss-reactive ketones (excluding diaryl/α,β-unsaturated/α-hetero) is 1. The molecule has 2 aliphatic heterocycles. The van der Waals surface area contributed by atoms with E-state index in [1.807, 2.05) is 35.9 Å². The number of amides is 2. The van der Waals surface area contributed by atoms with E-state index in [1.165, 1.54) is 49.3 Å². The Bertz CT molecular complexity index is 1940. The molecule has 1 aromatic heterocycles. The molecule has 0 aliphatic carbocycles. The van der Waals surface area contributed by atoms with E-state index in [1.54, 1.807) is 46.4 Å². The van der Waals surface area contributed by atoms with Gasteiger partial charge >= 0.3 is 24.1 Å². The fourth-order valence-corrected chi connectivity index (χ4v) is 7.04. The first kappa shape index (κ1) is 50.8. The Morgan fingerprint density at radius 2 is 1.21 bits per heavy atom. The van der Waals surface area contributed by atoms with E-state index in [9.17, 15) is 24.0 Å². The molecule has 15 nitrogen and oxygen atoms in total. The van der Waals surface area contributed by atoms with Crippen LogP contribution in [0.1, 0.15) is 85.1 Å². The van der Waals surface area contributed by atoms with Crippen LogP contribution in [0.2, 0.25) is 0 Å². The third-order valence-corrected chi connectivity index (χ3v) is 9.88. The highest BCUT2D eigenvalue weighted by Crippen LogP contribution is 2.24. The van der Waals surface area contributed by atoms with E-state index in [2.05, 4.69) is 59.4 Å². The molecule has 0 unspecified atom stereocenters. The number of carbonyl (C=O) groups excluding carboxylic acids is 5. The molecule has 62 heavy (non-hydrogen) atoms. The number of aryl methyl sites for hydroxylation is 2. The molecular weight excluding hydrogens is 813 g/mol. The number of esters is 2. The summed E-state index contributed by atoms with van der Waals surface area (Å²) >= 11 is 5.24. The van der Waals surface area contributed by atoms with Gasteiger partial charge in [-0.3, -0.25) is 14.6 Å². The van der Waals surface area contributed by atoms with Crippen LogP contribution in [0.25, 0.3) is 0 Å². The topological polar surface area (TPSA) is 153 Å². The zero-order chi connectivity index (χ0) is 46.2. The van der Waals surface area contributed by atoms with Crippen LogP contribution < -0.4 is 4.90 Å². The number of ketones is 1. The second-order valence-corrected chi connectivity index (χ2v) is 17.6. The van der Waals surface area contributed by atoms with Gasteiger partial charge in [-0.05, 0) is 72.9 Å². The molecule has 3 aromatic rings. The number of thiocarbonyl (C=S) groups is 1. The van der Waals surface area contributed by atoms with Crippen molar-refractivity contribution < 1.29 is 42.9 Å². The lowest BCUT2D eigenvalue weighted by atomic mass is 10.1. The molecule has 2 saturated heterocycles. The number of methoxy groups -OCH3 is 2. The van der Waals surface area contributed by atoms with Crippen LogP contribution in [-0.2, 0) is 46.3 Å². The van der Waals surface area contributed by atoms with E-state index in [4.69, 9.17) is 31.2 Å². The Morgan fingerprint density at radius 3 is 1.68 bits per heavy atom. The van der Waals surface area contributed by atoms with Crippen LogP contribution in [0.15, 0.2) is 66.7 Å². The average molecular weight is 879 g/mol. The molecule has 2 aromatic carbocycles. The predicted octanol–water partition coefficient (Wildman–Crippen LogP) is 6.86. The quantitative estimate of drug-likeness (QED) is 0.125. The van der Waals surface area contributed by atoms with Crippen LogP contribution in [0.3, 0.4) is 0 Å². The SMILES string of the molecule is CCCc1ccccc1.COC(=O)[C@@H]1CN(C(=S)CC(C)=O)CCN1C(=O)OC(C)(C)C.COC(=O)[C@@H]1CN(c2cc(C)nn2Cc2ccccc2)CCN1C(=O)OC(C)(C)C. The summed E-state index contributed by atoms with van der Waals surface area (Å²) in [6.45, 7) is 19.1. The highest BCUT2D eigenvalue weighted by Gasteiger charge is 2.40. The summed E-state index contributed by atoms with van der Waals surface area (Å²) in [6.07, 6.45) is 1.53. The van der Waals surface area contributed by atoms with Crippen molar-refractivity contribution in [3.8, 4) is 0 Å². The predicted molar refractivity (Wildman–Crippen MR) is 242 cm³/mol. The first-order chi connectivity index (χ1) is 29.2. The van der Waals surface area contributed by atoms with Gasteiger partial charge in [0.2, 0.25) is 0 Å². The highest BCUT2D eigenvalue weighted by molar-refractivity contribution is 7.80. The van der Waals surface area contributed by atoms with Crippen molar-refractivity contribution in [3.63, 3.8) is 0 Å². The van der Waals surface area contributed by atoms with Crippen LogP contribution in [0.4, 0.5) is 15.4 Å². The van der Waals surface area contributed by atoms with Crippen molar-refractivity contribution in [1.82, 2.24) is 24.5 Å². The zero-order valence-corrected chi connectivity index (χ0v) is 39.2. The molecule has 2 aliphatic rings. The monoisotopic (exact) mass is 878 g/mol. The molecule has 2 amide bonds. The van der Waals surface area contributed by atoms with E-state index >= 15 is 0 Å². The summed E-state index contributed by atoms with van der Waals surface area (Å²) in [5.74, 6) is -0.129. The van der Waals surface area contributed by atoms with Crippen LogP contribution in [0, 0.1) is 6.92 Å². The van der Waals surface area contributed by atoms with Crippen molar-refractivity contribution in [3.05, 3.63) is 83.6 Å². The summed E-state index contributed by atoms with van der Waals surface area (Å²) in [4.78, 5) is 67.8. The Labute approximate surface area is 372 Å². The Morgan fingerprint density at radius 1 is 0.726 bits per heavy atom. The van der Waals surface area contributed by atoms with Gasteiger partial charge in [0.15, 0.2) is 12.1 Å². The van der Waals surface area contributed by atoms with Gasteiger partial charge < -0.3 is 28.7 Å². The number of hydrogen-bond donors (Lipinski definition) is 0. The van der Waals surface area contributed by atoms with Gasteiger partial charge in [0.25, 0.3) is 0 Å². The van der Waals surface area contributed by atoms with Gasteiger partial charge in [-0.15, -0.1) is 0 Å². The number of aromatic nitrogens is 2. The minimum atomic E-state index is -0.812. The van der Waals surface area contributed by atoms with Crippen LogP contribution >= 0.6 is 12.2 Å². The maximum absolute atomic E-state index is 12.7.